The molecule has 0 spiro atoms. The summed E-state index contributed by atoms with van der Waals surface area (Å²) in [5.41, 5.74) is 3.78. The number of hydrogen-bond acceptors (Lipinski definition) is 5. The van der Waals surface area contributed by atoms with E-state index in [0.29, 0.717) is 23.9 Å². The third-order valence-corrected chi connectivity index (χ3v) is 5.26. The third-order valence-electron chi connectivity index (χ3n) is 3.63. The first-order chi connectivity index (χ1) is 12.1. The fraction of sp³-hybridized carbons (Fsp3) is 0.471. The number of hydrogen-bond donors (Lipinski definition) is 3. The lowest BCUT2D eigenvalue weighted by Crippen LogP contribution is -2.41. The Bertz CT molecular complexity index is 681. The van der Waals surface area contributed by atoms with Gasteiger partial charge in [-0.25, -0.2) is 4.98 Å². The zero-order valence-electron chi connectivity index (χ0n) is 14.8. The van der Waals surface area contributed by atoms with Gasteiger partial charge in [-0.15, -0.1) is 11.3 Å². The molecule has 25 heavy (non-hydrogen) atoms. The average molecular weight is 380 g/mol. The minimum absolute atomic E-state index is 0.0742. The van der Waals surface area contributed by atoms with E-state index in [2.05, 4.69) is 49.7 Å². The van der Waals surface area contributed by atoms with Gasteiger partial charge in [0.2, 0.25) is 0 Å². The number of thiazole rings is 1. The van der Waals surface area contributed by atoms with Gasteiger partial charge in [-0.1, -0.05) is 6.92 Å². The predicted octanol–water partition coefficient (Wildman–Crippen LogP) is 2.60. The van der Waals surface area contributed by atoms with E-state index in [4.69, 9.17) is 0 Å². The first-order valence-electron chi connectivity index (χ1n) is 8.34. The molecule has 0 saturated carbocycles. The molecule has 0 bridgehead atoms. The molecule has 6 nitrogen and oxygen atoms in total. The normalized spacial score (nSPS) is 12.7. The molecule has 0 aromatic carbocycles. The fourth-order valence-corrected chi connectivity index (χ4v) is 3.69. The van der Waals surface area contributed by atoms with E-state index in [1.807, 2.05) is 13.8 Å². The van der Waals surface area contributed by atoms with E-state index in [9.17, 15) is 4.79 Å². The molecule has 8 heteroatoms. The molecular formula is C17H25N5OS2. The van der Waals surface area contributed by atoms with Gasteiger partial charge in [0.25, 0.3) is 5.91 Å². The van der Waals surface area contributed by atoms with E-state index in [0.717, 1.165) is 24.7 Å². The van der Waals surface area contributed by atoms with Crippen LogP contribution in [0.4, 0.5) is 0 Å². The standard InChI is InChI=1S/C17H25N5OS2/c1-4-18-17(21-9-12(2)14-5-8-24-10-14)20-7-6-19-16(23)15-13(3)22-11-25-15/h5,8,10-12H,4,6-7,9H2,1-3H3,(H,19,23)(H2,18,20,21). The number of thiophene rings is 1. The first-order valence-corrected chi connectivity index (χ1v) is 10.2. The number of aliphatic imine (C=N–C) groups is 1. The van der Waals surface area contributed by atoms with E-state index in [1.54, 1.807) is 16.8 Å². The summed E-state index contributed by atoms with van der Waals surface area (Å²) in [7, 11) is 0. The predicted molar refractivity (Wildman–Crippen MR) is 106 cm³/mol. The second-order valence-electron chi connectivity index (χ2n) is 5.63. The lowest BCUT2D eigenvalue weighted by atomic mass is 10.1. The summed E-state index contributed by atoms with van der Waals surface area (Å²) in [6, 6.07) is 2.14. The van der Waals surface area contributed by atoms with Crippen molar-refractivity contribution in [3.63, 3.8) is 0 Å². The van der Waals surface area contributed by atoms with Gasteiger partial charge in [-0.05, 0) is 36.2 Å². The Hall–Kier alpha value is -1.93. The number of nitrogens with one attached hydrogen (secondary N) is 3. The molecule has 0 aliphatic heterocycles. The summed E-state index contributed by atoms with van der Waals surface area (Å²) < 4.78 is 0. The van der Waals surface area contributed by atoms with Gasteiger partial charge in [0.15, 0.2) is 5.96 Å². The number of amides is 1. The van der Waals surface area contributed by atoms with Crippen LogP contribution in [0.2, 0.25) is 0 Å². The van der Waals surface area contributed by atoms with Crippen molar-refractivity contribution in [2.45, 2.75) is 26.7 Å². The summed E-state index contributed by atoms with van der Waals surface area (Å²) in [5.74, 6) is 1.08. The molecule has 0 fully saturated rings. The van der Waals surface area contributed by atoms with Crippen LogP contribution in [0.5, 0.6) is 0 Å². The molecule has 1 unspecified atom stereocenters. The van der Waals surface area contributed by atoms with Crippen molar-refractivity contribution >= 4 is 34.5 Å². The number of carbonyl (C=O) groups is 1. The summed E-state index contributed by atoms with van der Waals surface area (Å²) in [5, 5.41) is 13.6. The van der Waals surface area contributed by atoms with Crippen molar-refractivity contribution in [2.75, 3.05) is 26.2 Å². The SMILES string of the molecule is CCNC(=NCC(C)c1ccsc1)NCCNC(=O)c1scnc1C. The molecular weight excluding hydrogens is 354 g/mol. The maximum absolute atomic E-state index is 12.0. The molecule has 136 valence electrons. The Morgan fingerprint density at radius 2 is 2.12 bits per heavy atom. The van der Waals surface area contributed by atoms with Crippen LogP contribution in [-0.2, 0) is 0 Å². The number of nitrogens with zero attached hydrogens (tertiary/aromatic N) is 2. The van der Waals surface area contributed by atoms with Crippen molar-refractivity contribution in [1.82, 2.24) is 20.9 Å². The third kappa shape index (κ3) is 6.13. The van der Waals surface area contributed by atoms with Crippen molar-refractivity contribution in [1.29, 1.82) is 0 Å². The fourth-order valence-electron chi connectivity index (χ4n) is 2.19. The van der Waals surface area contributed by atoms with E-state index in [1.165, 1.54) is 16.9 Å². The number of aryl methyl sites for hydroxylation is 1. The topological polar surface area (TPSA) is 78.4 Å². The highest BCUT2D eigenvalue weighted by molar-refractivity contribution is 7.11. The monoisotopic (exact) mass is 379 g/mol. The lowest BCUT2D eigenvalue weighted by Gasteiger charge is -2.13. The molecule has 0 aliphatic carbocycles. The summed E-state index contributed by atoms with van der Waals surface area (Å²) in [6.07, 6.45) is 0. The minimum atomic E-state index is -0.0742. The highest BCUT2D eigenvalue weighted by atomic mass is 32.1. The zero-order chi connectivity index (χ0) is 18.1. The number of guanidine groups is 1. The Morgan fingerprint density at radius 3 is 2.76 bits per heavy atom. The highest BCUT2D eigenvalue weighted by Gasteiger charge is 2.10. The van der Waals surface area contributed by atoms with Crippen LogP contribution in [-0.4, -0.2) is 43.0 Å². The Morgan fingerprint density at radius 1 is 1.32 bits per heavy atom. The summed E-state index contributed by atoms with van der Waals surface area (Å²) >= 11 is 3.07. The molecule has 2 rings (SSSR count). The molecule has 0 radical (unpaired) electrons. The van der Waals surface area contributed by atoms with Gasteiger partial charge in [-0.3, -0.25) is 9.79 Å². The molecule has 3 N–H and O–H groups in total. The maximum Gasteiger partial charge on any atom is 0.263 e. The van der Waals surface area contributed by atoms with E-state index < -0.39 is 0 Å². The first kappa shape index (κ1) is 19.4. The van der Waals surface area contributed by atoms with E-state index >= 15 is 0 Å². The number of carbonyl (C=O) groups excluding carboxylic acids is 1. The molecule has 2 aromatic rings. The number of aromatic nitrogens is 1. The zero-order valence-corrected chi connectivity index (χ0v) is 16.5. The van der Waals surface area contributed by atoms with Gasteiger partial charge >= 0.3 is 0 Å². The molecule has 0 saturated heterocycles. The van der Waals surface area contributed by atoms with Crippen molar-refractivity contribution in [2.24, 2.45) is 4.99 Å². The minimum Gasteiger partial charge on any atom is -0.357 e. The summed E-state index contributed by atoms with van der Waals surface area (Å²) in [4.78, 5) is 21.4. The summed E-state index contributed by atoms with van der Waals surface area (Å²) in [6.45, 7) is 8.71. The van der Waals surface area contributed by atoms with Gasteiger partial charge in [0.1, 0.15) is 4.88 Å². The van der Waals surface area contributed by atoms with Gasteiger partial charge in [0.05, 0.1) is 11.2 Å². The second-order valence-corrected chi connectivity index (χ2v) is 7.26. The van der Waals surface area contributed by atoms with Crippen LogP contribution >= 0.6 is 22.7 Å². The van der Waals surface area contributed by atoms with Crippen molar-refractivity contribution < 1.29 is 4.79 Å². The molecule has 0 aliphatic rings. The van der Waals surface area contributed by atoms with Crippen LogP contribution in [0.3, 0.4) is 0 Å². The van der Waals surface area contributed by atoms with Crippen LogP contribution in [0.25, 0.3) is 0 Å². The average Bonchev–Trinajstić information content (AvgIpc) is 3.27. The Labute approximate surface area is 156 Å². The van der Waals surface area contributed by atoms with E-state index in [-0.39, 0.29) is 5.91 Å². The van der Waals surface area contributed by atoms with Crippen LogP contribution < -0.4 is 16.0 Å². The maximum atomic E-state index is 12.0. The Balaban J connectivity index is 1.76. The largest absolute Gasteiger partial charge is 0.357 e. The molecule has 2 aromatic heterocycles. The molecule has 1 atom stereocenters. The Kier molecular flexibility index (Phi) is 7.87. The van der Waals surface area contributed by atoms with Crippen molar-refractivity contribution in [3.05, 3.63) is 38.5 Å². The molecule has 2 heterocycles. The smallest absolute Gasteiger partial charge is 0.263 e. The van der Waals surface area contributed by atoms with Crippen LogP contribution in [0.15, 0.2) is 27.3 Å². The highest BCUT2D eigenvalue weighted by Crippen LogP contribution is 2.18. The van der Waals surface area contributed by atoms with Gasteiger partial charge in [0, 0.05) is 32.1 Å². The van der Waals surface area contributed by atoms with Gasteiger partial charge in [-0.2, -0.15) is 11.3 Å². The number of rotatable bonds is 8. The van der Waals surface area contributed by atoms with Gasteiger partial charge < -0.3 is 16.0 Å². The van der Waals surface area contributed by atoms with Crippen molar-refractivity contribution in [3.8, 4) is 0 Å². The molecule has 1 amide bonds. The van der Waals surface area contributed by atoms with Crippen LogP contribution in [0.1, 0.15) is 40.7 Å². The second kappa shape index (κ2) is 10.1. The quantitative estimate of drug-likeness (QED) is 0.374. The van der Waals surface area contributed by atoms with Crippen LogP contribution in [0, 0.1) is 6.92 Å². The lowest BCUT2D eigenvalue weighted by molar-refractivity contribution is 0.0957.